The molecule has 3 heteroatoms. The van der Waals surface area contributed by atoms with Gasteiger partial charge in [0.15, 0.2) is 11.5 Å². The van der Waals surface area contributed by atoms with Gasteiger partial charge in [-0.25, -0.2) is 0 Å². The van der Waals surface area contributed by atoms with E-state index in [2.05, 4.69) is 0 Å². The van der Waals surface area contributed by atoms with E-state index >= 15 is 0 Å². The highest BCUT2D eigenvalue weighted by atomic mass is 16.5. The van der Waals surface area contributed by atoms with E-state index in [1.54, 1.807) is 14.2 Å². The summed E-state index contributed by atoms with van der Waals surface area (Å²) in [5.41, 5.74) is 2.36. The predicted octanol–water partition coefficient (Wildman–Crippen LogP) is 1.94. The molecular formula is C12H18O3. The molecule has 0 saturated heterocycles. The van der Waals surface area contributed by atoms with Crippen LogP contribution in [-0.2, 0) is 6.42 Å². The van der Waals surface area contributed by atoms with Crippen molar-refractivity contribution in [2.45, 2.75) is 19.8 Å². The van der Waals surface area contributed by atoms with E-state index in [1.807, 2.05) is 19.1 Å². The molecule has 1 rings (SSSR count). The van der Waals surface area contributed by atoms with E-state index in [9.17, 15) is 0 Å². The summed E-state index contributed by atoms with van der Waals surface area (Å²) in [4.78, 5) is 0. The number of aryl methyl sites for hydroxylation is 2. The van der Waals surface area contributed by atoms with Gasteiger partial charge in [-0.05, 0) is 43.0 Å². The molecule has 0 aliphatic heterocycles. The van der Waals surface area contributed by atoms with E-state index in [1.165, 1.54) is 11.1 Å². The number of ether oxygens (including phenoxy) is 2. The topological polar surface area (TPSA) is 38.7 Å². The molecule has 0 aliphatic carbocycles. The van der Waals surface area contributed by atoms with E-state index in [0.29, 0.717) is 0 Å². The molecular weight excluding hydrogens is 192 g/mol. The maximum Gasteiger partial charge on any atom is 0.161 e. The van der Waals surface area contributed by atoms with Crippen molar-refractivity contribution in [3.63, 3.8) is 0 Å². The fourth-order valence-corrected chi connectivity index (χ4v) is 1.56. The van der Waals surface area contributed by atoms with Crippen LogP contribution in [0.25, 0.3) is 0 Å². The first-order valence-corrected chi connectivity index (χ1v) is 5.05. The lowest BCUT2D eigenvalue weighted by atomic mass is 10.0. The van der Waals surface area contributed by atoms with Crippen molar-refractivity contribution in [3.8, 4) is 11.5 Å². The Morgan fingerprint density at radius 3 is 2.27 bits per heavy atom. The van der Waals surface area contributed by atoms with Crippen molar-refractivity contribution >= 4 is 0 Å². The first kappa shape index (κ1) is 11.9. The van der Waals surface area contributed by atoms with Gasteiger partial charge in [-0.3, -0.25) is 0 Å². The van der Waals surface area contributed by atoms with Gasteiger partial charge in [0.1, 0.15) is 0 Å². The lowest BCUT2D eigenvalue weighted by Gasteiger charge is -2.12. The number of benzene rings is 1. The number of aliphatic hydroxyl groups is 1. The van der Waals surface area contributed by atoms with Crippen LogP contribution in [0, 0.1) is 6.92 Å². The van der Waals surface area contributed by atoms with Crippen LogP contribution in [0.15, 0.2) is 12.1 Å². The average Bonchev–Trinajstić information content (AvgIpc) is 2.27. The predicted molar refractivity (Wildman–Crippen MR) is 59.7 cm³/mol. The third-order valence-corrected chi connectivity index (χ3v) is 2.45. The van der Waals surface area contributed by atoms with E-state index in [4.69, 9.17) is 14.6 Å². The monoisotopic (exact) mass is 210 g/mol. The molecule has 3 nitrogen and oxygen atoms in total. The molecule has 0 aliphatic rings. The van der Waals surface area contributed by atoms with Crippen molar-refractivity contribution < 1.29 is 14.6 Å². The highest BCUT2D eigenvalue weighted by Crippen LogP contribution is 2.30. The maximum atomic E-state index is 8.79. The standard InChI is InChI=1S/C12H18O3/c1-9-7-11(14-2)12(15-3)8-10(9)5-4-6-13/h7-8,13H,4-6H2,1-3H3. The summed E-state index contributed by atoms with van der Waals surface area (Å²) in [6.45, 7) is 2.25. The summed E-state index contributed by atoms with van der Waals surface area (Å²) in [5, 5.41) is 8.79. The zero-order valence-corrected chi connectivity index (χ0v) is 9.54. The van der Waals surface area contributed by atoms with Gasteiger partial charge in [0.2, 0.25) is 0 Å². The van der Waals surface area contributed by atoms with Gasteiger partial charge in [0, 0.05) is 6.61 Å². The second-order valence-electron chi connectivity index (χ2n) is 3.46. The van der Waals surface area contributed by atoms with Crippen molar-refractivity contribution in [2.24, 2.45) is 0 Å². The smallest absolute Gasteiger partial charge is 0.161 e. The van der Waals surface area contributed by atoms with Crippen molar-refractivity contribution in [3.05, 3.63) is 23.3 Å². The van der Waals surface area contributed by atoms with Crippen LogP contribution in [0.1, 0.15) is 17.5 Å². The molecule has 0 fully saturated rings. The molecule has 0 radical (unpaired) electrons. The molecule has 1 N–H and O–H groups in total. The van der Waals surface area contributed by atoms with Crippen LogP contribution in [0.2, 0.25) is 0 Å². The quantitative estimate of drug-likeness (QED) is 0.807. The third-order valence-electron chi connectivity index (χ3n) is 2.45. The fourth-order valence-electron chi connectivity index (χ4n) is 1.56. The van der Waals surface area contributed by atoms with Gasteiger partial charge in [-0.15, -0.1) is 0 Å². The molecule has 1 aromatic carbocycles. The Hall–Kier alpha value is -1.22. The second kappa shape index (κ2) is 5.61. The molecule has 15 heavy (non-hydrogen) atoms. The van der Waals surface area contributed by atoms with Gasteiger partial charge in [-0.2, -0.15) is 0 Å². The molecule has 0 bridgehead atoms. The maximum absolute atomic E-state index is 8.79. The Morgan fingerprint density at radius 2 is 1.73 bits per heavy atom. The van der Waals surface area contributed by atoms with Gasteiger partial charge in [0.05, 0.1) is 14.2 Å². The normalized spacial score (nSPS) is 10.1. The van der Waals surface area contributed by atoms with Crippen molar-refractivity contribution in [2.75, 3.05) is 20.8 Å². The number of aliphatic hydroxyl groups excluding tert-OH is 1. The molecule has 0 amide bonds. The minimum Gasteiger partial charge on any atom is -0.493 e. The summed E-state index contributed by atoms with van der Waals surface area (Å²) in [5.74, 6) is 1.50. The second-order valence-corrected chi connectivity index (χ2v) is 3.46. The first-order chi connectivity index (χ1) is 7.22. The van der Waals surface area contributed by atoms with Gasteiger partial charge >= 0.3 is 0 Å². The third kappa shape index (κ3) is 2.86. The Balaban J connectivity index is 2.97. The minimum atomic E-state index is 0.216. The highest BCUT2D eigenvalue weighted by molar-refractivity contribution is 5.47. The summed E-state index contributed by atoms with van der Waals surface area (Å²) in [7, 11) is 3.26. The van der Waals surface area contributed by atoms with Gasteiger partial charge in [-0.1, -0.05) is 0 Å². The molecule has 0 spiro atoms. The Morgan fingerprint density at radius 1 is 1.13 bits per heavy atom. The molecule has 0 aromatic heterocycles. The average molecular weight is 210 g/mol. The highest BCUT2D eigenvalue weighted by Gasteiger charge is 2.07. The molecule has 0 atom stereocenters. The number of rotatable bonds is 5. The Labute approximate surface area is 90.6 Å². The first-order valence-electron chi connectivity index (χ1n) is 5.05. The number of hydrogen-bond acceptors (Lipinski definition) is 3. The SMILES string of the molecule is COc1cc(C)c(CCCO)cc1OC. The van der Waals surface area contributed by atoms with Gasteiger partial charge < -0.3 is 14.6 Å². The lowest BCUT2D eigenvalue weighted by Crippen LogP contribution is -1.97. The minimum absolute atomic E-state index is 0.216. The van der Waals surface area contributed by atoms with Crippen molar-refractivity contribution in [1.29, 1.82) is 0 Å². The molecule has 84 valence electrons. The number of hydrogen-bond donors (Lipinski definition) is 1. The van der Waals surface area contributed by atoms with Crippen LogP contribution in [-0.4, -0.2) is 25.9 Å². The lowest BCUT2D eigenvalue weighted by molar-refractivity contribution is 0.288. The zero-order chi connectivity index (χ0) is 11.3. The zero-order valence-electron chi connectivity index (χ0n) is 9.54. The Bertz CT molecular complexity index is 321. The van der Waals surface area contributed by atoms with Crippen LogP contribution in [0.5, 0.6) is 11.5 Å². The van der Waals surface area contributed by atoms with Crippen LogP contribution >= 0.6 is 0 Å². The summed E-state index contributed by atoms with van der Waals surface area (Å²) in [6.07, 6.45) is 1.64. The largest absolute Gasteiger partial charge is 0.493 e. The Kier molecular flexibility index (Phi) is 4.43. The van der Waals surface area contributed by atoms with Crippen molar-refractivity contribution in [1.82, 2.24) is 0 Å². The van der Waals surface area contributed by atoms with E-state index < -0.39 is 0 Å². The molecule has 0 saturated carbocycles. The summed E-state index contributed by atoms with van der Waals surface area (Å²) in [6, 6.07) is 3.94. The van der Waals surface area contributed by atoms with E-state index in [0.717, 1.165) is 24.3 Å². The summed E-state index contributed by atoms with van der Waals surface area (Å²) < 4.78 is 10.4. The van der Waals surface area contributed by atoms with E-state index in [-0.39, 0.29) is 6.61 Å². The molecule has 0 unspecified atom stereocenters. The molecule has 1 aromatic rings. The van der Waals surface area contributed by atoms with Gasteiger partial charge in [0.25, 0.3) is 0 Å². The number of methoxy groups -OCH3 is 2. The molecule has 0 heterocycles. The fraction of sp³-hybridized carbons (Fsp3) is 0.500. The van der Waals surface area contributed by atoms with Crippen LogP contribution in [0.4, 0.5) is 0 Å². The van der Waals surface area contributed by atoms with Crippen LogP contribution < -0.4 is 9.47 Å². The van der Waals surface area contributed by atoms with Crippen LogP contribution in [0.3, 0.4) is 0 Å². The summed E-state index contributed by atoms with van der Waals surface area (Å²) >= 11 is 0.